The van der Waals surface area contributed by atoms with E-state index in [0.29, 0.717) is 12.4 Å². The highest BCUT2D eigenvalue weighted by Gasteiger charge is 2.11. The van der Waals surface area contributed by atoms with Crippen LogP contribution in [0, 0.1) is 0 Å². The number of rotatable bonds is 9. The summed E-state index contributed by atoms with van der Waals surface area (Å²) in [7, 11) is 1.00. The van der Waals surface area contributed by atoms with Crippen LogP contribution in [0.4, 0.5) is 4.79 Å². The van der Waals surface area contributed by atoms with Gasteiger partial charge in [0.15, 0.2) is 0 Å². The van der Waals surface area contributed by atoms with Gasteiger partial charge in [0.05, 0.1) is 6.61 Å². The fourth-order valence-electron chi connectivity index (χ4n) is 2.47. The smallest absolute Gasteiger partial charge is 0.434 e. The zero-order valence-electron chi connectivity index (χ0n) is 14.2. The van der Waals surface area contributed by atoms with Gasteiger partial charge in [-0.1, -0.05) is 77.6 Å². The van der Waals surface area contributed by atoms with Crippen molar-refractivity contribution >= 4 is 14.3 Å². The molecule has 0 aliphatic rings. The van der Waals surface area contributed by atoms with Crippen molar-refractivity contribution < 1.29 is 14.3 Å². The predicted octanol–water partition coefficient (Wildman–Crippen LogP) is 6.81. The molecule has 0 amide bonds. The van der Waals surface area contributed by atoms with Crippen LogP contribution in [0.1, 0.15) is 45.4 Å². The second-order valence-electron chi connectivity index (χ2n) is 5.71. The van der Waals surface area contributed by atoms with Crippen molar-refractivity contribution in [3.05, 3.63) is 48.0 Å². The summed E-state index contributed by atoms with van der Waals surface area (Å²) in [4.78, 5) is 11.9. The molecule has 24 heavy (non-hydrogen) atoms. The largest absolute Gasteiger partial charge is 0.513 e. The fourth-order valence-corrected chi connectivity index (χ4v) is 3.12. The molecule has 0 bridgehead atoms. The summed E-state index contributed by atoms with van der Waals surface area (Å²) < 4.78 is 10.6. The lowest BCUT2D eigenvalue weighted by Gasteiger charge is -2.10. The first-order valence-electron chi connectivity index (χ1n) is 8.65. The maximum Gasteiger partial charge on any atom is 0.513 e. The van der Waals surface area contributed by atoms with Crippen LogP contribution in [0.2, 0.25) is 0 Å². The van der Waals surface area contributed by atoms with E-state index in [9.17, 15) is 4.79 Å². The van der Waals surface area contributed by atoms with E-state index in [4.69, 9.17) is 9.47 Å². The molecular formula is C20H25O3P. The van der Waals surface area contributed by atoms with E-state index >= 15 is 0 Å². The normalized spacial score (nSPS) is 10.7. The Kier molecular flexibility index (Phi) is 8.34. The highest BCUT2D eigenvalue weighted by Crippen LogP contribution is 2.32. The van der Waals surface area contributed by atoms with Gasteiger partial charge in [-0.15, -0.1) is 0 Å². The molecule has 0 unspecified atom stereocenters. The van der Waals surface area contributed by atoms with Crippen LogP contribution < -0.4 is 4.74 Å². The van der Waals surface area contributed by atoms with Crippen molar-refractivity contribution in [1.29, 1.82) is 0 Å². The van der Waals surface area contributed by atoms with Gasteiger partial charge in [-0.2, -0.15) is 0 Å². The lowest BCUT2D eigenvalue weighted by atomic mass is 10.1. The van der Waals surface area contributed by atoms with E-state index in [1.54, 1.807) is 0 Å². The van der Waals surface area contributed by atoms with Crippen molar-refractivity contribution in [2.24, 2.45) is 0 Å². The van der Waals surface area contributed by atoms with Crippen LogP contribution in [0.5, 0.6) is 5.75 Å². The molecule has 3 nitrogen and oxygen atoms in total. The monoisotopic (exact) mass is 344 g/mol. The first-order chi connectivity index (χ1) is 11.8. The molecule has 0 atom stereocenters. The van der Waals surface area contributed by atoms with E-state index in [1.165, 1.54) is 25.7 Å². The van der Waals surface area contributed by atoms with E-state index in [-0.39, 0.29) is 0 Å². The number of unbranched alkanes of at least 4 members (excludes halogenated alkanes) is 5. The Hall–Kier alpha value is -1.86. The molecule has 1 heterocycles. The molecule has 0 saturated carbocycles. The van der Waals surface area contributed by atoms with Gasteiger partial charge in [-0.25, -0.2) is 4.79 Å². The first kappa shape index (κ1) is 18.5. The van der Waals surface area contributed by atoms with Gasteiger partial charge in [0.2, 0.25) is 0 Å². The van der Waals surface area contributed by atoms with Gasteiger partial charge in [-0.3, -0.25) is 0 Å². The van der Waals surface area contributed by atoms with Crippen LogP contribution in [-0.4, -0.2) is 12.8 Å². The summed E-state index contributed by atoms with van der Waals surface area (Å²) in [5.41, 5.74) is 1.93. The number of carbonyl (C=O) groups is 1. The van der Waals surface area contributed by atoms with Crippen LogP contribution in [0.15, 0.2) is 48.0 Å². The third kappa shape index (κ3) is 6.33. The Labute approximate surface area is 146 Å². The number of ether oxygens (including phenoxy) is 2. The fraction of sp³-hybridized carbons (Fsp3) is 0.400. The van der Waals surface area contributed by atoms with Crippen LogP contribution in [-0.2, 0) is 4.74 Å². The van der Waals surface area contributed by atoms with Crippen molar-refractivity contribution in [3.63, 3.8) is 0 Å². The van der Waals surface area contributed by atoms with Gasteiger partial charge in [0.25, 0.3) is 0 Å². The summed E-state index contributed by atoms with van der Waals surface area (Å²) in [6.45, 7) is 2.63. The Morgan fingerprint density at radius 1 is 1.00 bits per heavy atom. The Morgan fingerprint density at radius 3 is 2.54 bits per heavy atom. The van der Waals surface area contributed by atoms with Gasteiger partial charge >= 0.3 is 6.16 Å². The molecule has 0 fully saturated rings. The minimum atomic E-state index is -0.617. The predicted molar refractivity (Wildman–Crippen MR) is 99.7 cm³/mol. The quantitative estimate of drug-likeness (QED) is 0.370. The van der Waals surface area contributed by atoms with Crippen molar-refractivity contribution in [2.75, 3.05) is 6.61 Å². The lowest BCUT2D eigenvalue weighted by Crippen LogP contribution is -2.11. The second-order valence-corrected chi connectivity index (χ2v) is 6.56. The topological polar surface area (TPSA) is 35.5 Å². The summed E-state index contributed by atoms with van der Waals surface area (Å²) in [6, 6.07) is 11.9. The zero-order valence-corrected chi connectivity index (χ0v) is 15.1. The molecule has 0 N–H and O–H groups in total. The lowest BCUT2D eigenvalue weighted by molar-refractivity contribution is 0.0976. The van der Waals surface area contributed by atoms with E-state index in [2.05, 4.69) is 6.92 Å². The maximum atomic E-state index is 11.9. The minimum absolute atomic E-state index is 0.423. The van der Waals surface area contributed by atoms with Crippen molar-refractivity contribution in [3.8, 4) is 16.9 Å². The summed E-state index contributed by atoms with van der Waals surface area (Å²) >= 11 is 0. The molecule has 2 rings (SSSR count). The molecule has 0 radical (unpaired) electrons. The molecule has 0 aliphatic heterocycles. The summed E-state index contributed by atoms with van der Waals surface area (Å²) in [5, 5.41) is 0. The Bertz CT molecular complexity index is 613. The summed E-state index contributed by atoms with van der Waals surface area (Å²) in [5.74, 6) is 4.48. The third-order valence-corrected chi connectivity index (χ3v) is 4.49. The van der Waals surface area contributed by atoms with Gasteiger partial charge in [0.1, 0.15) is 5.75 Å². The highest BCUT2D eigenvalue weighted by molar-refractivity contribution is 7.28. The van der Waals surface area contributed by atoms with Gasteiger partial charge < -0.3 is 9.47 Å². The van der Waals surface area contributed by atoms with Gasteiger partial charge in [0, 0.05) is 11.4 Å². The third-order valence-electron chi connectivity index (χ3n) is 3.78. The molecule has 1 aromatic carbocycles. The average molecular weight is 344 g/mol. The van der Waals surface area contributed by atoms with E-state index in [1.807, 2.05) is 48.0 Å². The Balaban J connectivity index is 1.80. The average Bonchev–Trinajstić information content (AvgIpc) is 2.62. The molecule has 128 valence electrons. The van der Waals surface area contributed by atoms with Gasteiger partial charge in [-0.05, 0) is 23.8 Å². The Morgan fingerprint density at radius 2 is 1.75 bits per heavy atom. The van der Waals surface area contributed by atoms with E-state index in [0.717, 1.165) is 32.2 Å². The number of hydrogen-bond acceptors (Lipinski definition) is 3. The molecule has 0 aliphatic carbocycles. The first-order valence-corrected chi connectivity index (χ1v) is 9.68. The molecule has 4 heteroatoms. The van der Waals surface area contributed by atoms with Crippen LogP contribution in [0.25, 0.3) is 11.1 Å². The molecular weight excluding hydrogens is 319 g/mol. The number of benzene rings is 1. The molecule has 0 spiro atoms. The molecule has 2 aromatic rings. The van der Waals surface area contributed by atoms with Crippen molar-refractivity contribution in [2.45, 2.75) is 45.4 Å². The van der Waals surface area contributed by atoms with Crippen LogP contribution in [0.3, 0.4) is 0 Å². The van der Waals surface area contributed by atoms with Crippen molar-refractivity contribution in [1.82, 2.24) is 0 Å². The molecule has 0 saturated heterocycles. The second kappa shape index (κ2) is 10.8. The molecule has 1 aromatic heterocycles. The standard InChI is InChI=1S/C20H25O3P/c1-2-3-4-5-6-10-14-22-20(21)23-19-16-24-15-13-18(19)17-11-8-7-9-12-17/h7-9,11-13,15-16H,2-6,10,14H2,1H3. The summed E-state index contributed by atoms with van der Waals surface area (Å²) in [6.07, 6.45) is 6.35. The number of hydrogen-bond donors (Lipinski definition) is 0. The highest BCUT2D eigenvalue weighted by atomic mass is 31.0. The SMILES string of the molecule is CCCCCCCCOC(=O)Oc1cpccc1-c1ccccc1. The number of carbonyl (C=O) groups excluding carboxylic acids is 1. The minimum Gasteiger partial charge on any atom is -0.434 e. The zero-order chi connectivity index (χ0) is 17.0. The van der Waals surface area contributed by atoms with E-state index < -0.39 is 6.16 Å². The maximum absolute atomic E-state index is 11.9. The van der Waals surface area contributed by atoms with Crippen LogP contribution >= 0.6 is 8.19 Å².